The molecule has 2 heterocycles. The molecule has 0 saturated carbocycles. The zero-order valence-corrected chi connectivity index (χ0v) is 13.7. The molecule has 2 rings (SSSR count). The molecule has 0 spiro atoms. The summed E-state index contributed by atoms with van der Waals surface area (Å²) in [6.45, 7) is 3.69. The highest BCUT2D eigenvalue weighted by Crippen LogP contribution is 2.22. The Morgan fingerprint density at radius 1 is 1.22 bits per heavy atom. The lowest BCUT2D eigenvalue weighted by molar-refractivity contribution is -0.154. The van der Waals surface area contributed by atoms with Gasteiger partial charge in [0.05, 0.1) is 19.1 Å². The molecule has 0 aliphatic carbocycles. The minimum atomic E-state index is -0.929. The van der Waals surface area contributed by atoms with Crippen LogP contribution in [0.2, 0.25) is 0 Å². The van der Waals surface area contributed by atoms with Crippen LogP contribution >= 0.6 is 0 Å². The Bertz CT molecular complexity index is 454. The molecule has 23 heavy (non-hydrogen) atoms. The zero-order chi connectivity index (χ0) is 16.8. The van der Waals surface area contributed by atoms with Crippen molar-refractivity contribution in [1.29, 1.82) is 0 Å². The molecule has 2 unspecified atom stereocenters. The van der Waals surface area contributed by atoms with E-state index < -0.39 is 18.1 Å². The largest absolute Gasteiger partial charge is 0.481 e. The van der Waals surface area contributed by atoms with Gasteiger partial charge >= 0.3 is 5.97 Å². The van der Waals surface area contributed by atoms with E-state index in [0.717, 1.165) is 19.3 Å². The normalized spacial score (nSPS) is 25.3. The van der Waals surface area contributed by atoms with Crippen LogP contribution in [0.5, 0.6) is 0 Å². The van der Waals surface area contributed by atoms with E-state index in [-0.39, 0.29) is 24.8 Å². The van der Waals surface area contributed by atoms with Gasteiger partial charge in [-0.1, -0.05) is 6.92 Å². The summed E-state index contributed by atoms with van der Waals surface area (Å²) in [7, 11) is 0. The van der Waals surface area contributed by atoms with Gasteiger partial charge in [-0.05, 0) is 25.7 Å². The summed E-state index contributed by atoms with van der Waals surface area (Å²) in [5.41, 5.74) is 0. The van der Waals surface area contributed by atoms with Gasteiger partial charge in [-0.15, -0.1) is 0 Å². The molecule has 0 aromatic heterocycles. The Labute approximate surface area is 136 Å². The molecule has 2 aliphatic heterocycles. The van der Waals surface area contributed by atoms with Crippen LogP contribution in [0.4, 0.5) is 0 Å². The van der Waals surface area contributed by atoms with Gasteiger partial charge in [0.15, 0.2) is 0 Å². The number of amides is 2. The van der Waals surface area contributed by atoms with Gasteiger partial charge in [-0.25, -0.2) is 0 Å². The van der Waals surface area contributed by atoms with Crippen molar-refractivity contribution in [3.05, 3.63) is 0 Å². The molecule has 2 fully saturated rings. The summed E-state index contributed by atoms with van der Waals surface area (Å²) in [5, 5.41) is 8.88. The fraction of sp³-hybridized carbons (Fsp3) is 0.812. The van der Waals surface area contributed by atoms with E-state index in [2.05, 4.69) is 0 Å². The summed E-state index contributed by atoms with van der Waals surface area (Å²) in [6, 6.07) is -0.397. The maximum atomic E-state index is 12.8. The number of hydrogen-bond donors (Lipinski definition) is 1. The number of aliphatic carboxylic acids is 1. The second-order valence-corrected chi connectivity index (χ2v) is 6.22. The molecule has 7 heteroatoms. The molecule has 0 radical (unpaired) electrons. The van der Waals surface area contributed by atoms with Crippen molar-refractivity contribution in [1.82, 2.24) is 9.80 Å². The van der Waals surface area contributed by atoms with E-state index in [9.17, 15) is 14.4 Å². The minimum Gasteiger partial charge on any atom is -0.481 e. The number of nitrogens with zero attached hydrogens (tertiary/aromatic N) is 2. The lowest BCUT2D eigenvalue weighted by atomic mass is 9.99. The van der Waals surface area contributed by atoms with Gasteiger partial charge in [0.1, 0.15) is 6.04 Å². The van der Waals surface area contributed by atoms with Crippen LogP contribution in [0.25, 0.3) is 0 Å². The number of carboxylic acids is 1. The first-order chi connectivity index (χ1) is 11.0. The molecular weight excluding hydrogens is 300 g/mol. The third kappa shape index (κ3) is 4.67. The van der Waals surface area contributed by atoms with Crippen molar-refractivity contribution in [2.45, 2.75) is 57.6 Å². The maximum absolute atomic E-state index is 12.8. The molecule has 2 atom stereocenters. The highest BCUT2D eigenvalue weighted by Gasteiger charge is 2.36. The minimum absolute atomic E-state index is 0.0425. The van der Waals surface area contributed by atoms with Crippen molar-refractivity contribution in [3.8, 4) is 0 Å². The van der Waals surface area contributed by atoms with E-state index in [1.165, 1.54) is 0 Å². The topological polar surface area (TPSA) is 87.2 Å². The van der Waals surface area contributed by atoms with Crippen LogP contribution in [0, 0.1) is 0 Å². The number of carbonyl (C=O) groups excluding carboxylic acids is 2. The number of likely N-dealkylation sites (tertiary alicyclic amines) is 1. The van der Waals surface area contributed by atoms with Crippen LogP contribution in [-0.4, -0.2) is 71.1 Å². The highest BCUT2D eigenvalue weighted by atomic mass is 16.5. The van der Waals surface area contributed by atoms with E-state index in [0.29, 0.717) is 32.5 Å². The first-order valence-electron chi connectivity index (χ1n) is 8.44. The molecule has 7 nitrogen and oxygen atoms in total. The number of ether oxygens (including phenoxy) is 1. The summed E-state index contributed by atoms with van der Waals surface area (Å²) in [4.78, 5) is 39.3. The van der Waals surface area contributed by atoms with Crippen molar-refractivity contribution in [2.75, 3.05) is 26.2 Å². The third-order valence-corrected chi connectivity index (χ3v) is 4.42. The lowest BCUT2D eigenvalue weighted by Gasteiger charge is -2.40. The van der Waals surface area contributed by atoms with Gasteiger partial charge in [0, 0.05) is 26.1 Å². The molecule has 2 amide bonds. The molecule has 2 aliphatic rings. The van der Waals surface area contributed by atoms with Gasteiger partial charge in [-0.3, -0.25) is 14.4 Å². The number of carboxylic acid groups (broad SMARTS) is 1. The fourth-order valence-electron chi connectivity index (χ4n) is 3.29. The van der Waals surface area contributed by atoms with Crippen LogP contribution in [0.1, 0.15) is 45.4 Å². The number of piperidine rings is 1. The molecule has 0 aromatic carbocycles. The number of carbonyl (C=O) groups is 3. The molecule has 130 valence electrons. The fourth-order valence-corrected chi connectivity index (χ4v) is 3.29. The summed E-state index contributed by atoms with van der Waals surface area (Å²) in [6.07, 6.45) is 3.23. The first-order valence-corrected chi connectivity index (χ1v) is 8.44. The predicted molar refractivity (Wildman–Crippen MR) is 82.8 cm³/mol. The van der Waals surface area contributed by atoms with Crippen molar-refractivity contribution < 1.29 is 24.2 Å². The summed E-state index contributed by atoms with van der Waals surface area (Å²) >= 11 is 0. The van der Waals surface area contributed by atoms with Crippen molar-refractivity contribution >= 4 is 17.8 Å². The van der Waals surface area contributed by atoms with Gasteiger partial charge < -0.3 is 19.6 Å². The SMILES string of the molecule is CCCC(=O)N1CCCCC1C(=O)N1CCOC(CC(=O)O)C1. The van der Waals surface area contributed by atoms with Crippen LogP contribution in [0.15, 0.2) is 0 Å². The quantitative estimate of drug-likeness (QED) is 0.810. The maximum Gasteiger partial charge on any atom is 0.306 e. The Morgan fingerprint density at radius 3 is 2.70 bits per heavy atom. The molecular formula is C16H26N2O5. The predicted octanol–water partition coefficient (Wildman–Crippen LogP) is 0.870. The lowest BCUT2D eigenvalue weighted by Crippen LogP contribution is -2.56. The average Bonchev–Trinajstić information content (AvgIpc) is 2.54. The van der Waals surface area contributed by atoms with Crippen LogP contribution < -0.4 is 0 Å². The van der Waals surface area contributed by atoms with Gasteiger partial charge in [0.25, 0.3) is 0 Å². The van der Waals surface area contributed by atoms with E-state index in [4.69, 9.17) is 9.84 Å². The Hall–Kier alpha value is -1.63. The van der Waals surface area contributed by atoms with E-state index in [1.54, 1.807) is 9.80 Å². The number of hydrogen-bond acceptors (Lipinski definition) is 4. The average molecular weight is 326 g/mol. The number of rotatable bonds is 5. The summed E-state index contributed by atoms with van der Waals surface area (Å²) < 4.78 is 5.41. The zero-order valence-electron chi connectivity index (χ0n) is 13.7. The molecule has 0 bridgehead atoms. The van der Waals surface area contributed by atoms with Gasteiger partial charge in [0.2, 0.25) is 11.8 Å². The second-order valence-electron chi connectivity index (χ2n) is 6.22. The third-order valence-electron chi connectivity index (χ3n) is 4.42. The van der Waals surface area contributed by atoms with Crippen molar-refractivity contribution in [3.63, 3.8) is 0 Å². The standard InChI is InChI=1S/C16H26N2O5/c1-2-5-14(19)18-7-4-3-6-13(18)16(22)17-8-9-23-12(11-17)10-15(20)21/h12-13H,2-11H2,1H3,(H,20,21). The Balaban J connectivity index is 2.01. The monoisotopic (exact) mass is 326 g/mol. The molecule has 1 N–H and O–H groups in total. The van der Waals surface area contributed by atoms with E-state index >= 15 is 0 Å². The van der Waals surface area contributed by atoms with E-state index in [1.807, 2.05) is 6.92 Å². The molecule has 0 aromatic rings. The number of morpholine rings is 1. The van der Waals surface area contributed by atoms with Crippen LogP contribution in [0.3, 0.4) is 0 Å². The Morgan fingerprint density at radius 2 is 2.00 bits per heavy atom. The van der Waals surface area contributed by atoms with Gasteiger partial charge in [-0.2, -0.15) is 0 Å². The second kappa shape index (κ2) is 8.29. The van der Waals surface area contributed by atoms with Crippen LogP contribution in [-0.2, 0) is 19.1 Å². The molecule has 2 saturated heterocycles. The first kappa shape index (κ1) is 17.7. The smallest absolute Gasteiger partial charge is 0.306 e. The van der Waals surface area contributed by atoms with Crippen molar-refractivity contribution in [2.24, 2.45) is 0 Å². The summed E-state index contributed by atoms with van der Waals surface area (Å²) in [5.74, 6) is -0.949. The Kier molecular flexibility index (Phi) is 6.38. The highest BCUT2D eigenvalue weighted by molar-refractivity contribution is 5.88.